The Kier molecular flexibility index (Phi) is 8.26. The number of ether oxygens (including phenoxy) is 2. The number of methoxy groups -OCH3 is 1. The minimum absolute atomic E-state index is 0.00634. The third-order valence-corrected chi connectivity index (χ3v) is 6.14. The Morgan fingerprint density at radius 1 is 1.11 bits per heavy atom. The first-order valence-corrected chi connectivity index (χ1v) is 11.7. The number of nitrogens with one attached hydrogen (secondary N) is 1. The van der Waals surface area contributed by atoms with Crippen molar-refractivity contribution in [2.45, 2.75) is 18.9 Å². The number of nitrogens with zero attached hydrogens (tertiary/aromatic N) is 2. The van der Waals surface area contributed by atoms with Gasteiger partial charge in [0.25, 0.3) is 0 Å². The summed E-state index contributed by atoms with van der Waals surface area (Å²) < 4.78 is 38.5. The summed E-state index contributed by atoms with van der Waals surface area (Å²) in [6.07, 6.45) is 3.16. The molecule has 0 aliphatic carbocycles. The molecule has 0 saturated carbocycles. The zero-order valence-electron chi connectivity index (χ0n) is 19.6. The lowest BCUT2D eigenvalue weighted by molar-refractivity contribution is -0.138. The average molecular weight is 482 g/mol. The summed E-state index contributed by atoms with van der Waals surface area (Å²) >= 11 is 0. The maximum atomic E-state index is 14.1. The first-order chi connectivity index (χ1) is 17.1. The fraction of sp³-hybridized carbons (Fsp3) is 0.333. The van der Waals surface area contributed by atoms with E-state index in [4.69, 9.17) is 9.47 Å². The standard InChI is InChI=1S/C27H29F2N3O3/c1-34-22-6-4-5-20(17-22)26(24-7-2-3-12-31-24)32(27(33)19-10-13-30-14-11-19)15-16-35-25-9-8-21(28)18-23(25)29/h2-9,12,17-19,26,30H,10-11,13-16H2,1H3/t26-/m1/s1. The third-order valence-electron chi connectivity index (χ3n) is 6.14. The molecule has 1 aromatic heterocycles. The van der Waals surface area contributed by atoms with Gasteiger partial charge >= 0.3 is 0 Å². The van der Waals surface area contributed by atoms with Crippen LogP contribution in [0.2, 0.25) is 0 Å². The number of amides is 1. The van der Waals surface area contributed by atoms with E-state index in [-0.39, 0.29) is 30.7 Å². The lowest BCUT2D eigenvalue weighted by Crippen LogP contribution is -2.45. The van der Waals surface area contributed by atoms with Crippen LogP contribution in [0.3, 0.4) is 0 Å². The number of piperidine rings is 1. The molecule has 1 aliphatic heterocycles. The normalized spacial score (nSPS) is 14.8. The second kappa shape index (κ2) is 11.8. The molecule has 184 valence electrons. The van der Waals surface area contributed by atoms with Crippen LogP contribution in [0.15, 0.2) is 66.9 Å². The van der Waals surface area contributed by atoms with E-state index >= 15 is 0 Å². The number of aromatic nitrogens is 1. The van der Waals surface area contributed by atoms with Gasteiger partial charge in [-0.1, -0.05) is 18.2 Å². The highest BCUT2D eigenvalue weighted by atomic mass is 19.1. The molecule has 0 radical (unpaired) electrons. The van der Waals surface area contributed by atoms with E-state index in [0.29, 0.717) is 11.4 Å². The zero-order chi connectivity index (χ0) is 24.6. The van der Waals surface area contributed by atoms with Gasteiger partial charge in [0.2, 0.25) is 5.91 Å². The Labute approximate surface area is 203 Å². The second-order valence-corrected chi connectivity index (χ2v) is 8.41. The van der Waals surface area contributed by atoms with Gasteiger partial charge in [0.1, 0.15) is 18.2 Å². The molecule has 0 bridgehead atoms. The van der Waals surface area contributed by atoms with Crippen molar-refractivity contribution in [3.63, 3.8) is 0 Å². The van der Waals surface area contributed by atoms with Crippen LogP contribution < -0.4 is 14.8 Å². The molecule has 1 fully saturated rings. The predicted molar refractivity (Wildman–Crippen MR) is 128 cm³/mol. The minimum atomic E-state index is -0.782. The molecular weight excluding hydrogens is 452 g/mol. The van der Waals surface area contributed by atoms with Crippen molar-refractivity contribution in [1.29, 1.82) is 0 Å². The number of hydrogen-bond donors (Lipinski definition) is 1. The number of pyridine rings is 1. The largest absolute Gasteiger partial charge is 0.497 e. The molecule has 1 aliphatic rings. The molecule has 35 heavy (non-hydrogen) atoms. The highest BCUT2D eigenvalue weighted by Gasteiger charge is 2.33. The van der Waals surface area contributed by atoms with Crippen molar-refractivity contribution in [2.24, 2.45) is 5.92 Å². The predicted octanol–water partition coefficient (Wildman–Crippen LogP) is 4.37. The summed E-state index contributed by atoms with van der Waals surface area (Å²) in [5.41, 5.74) is 1.55. The molecule has 3 aromatic rings. The van der Waals surface area contributed by atoms with E-state index in [1.807, 2.05) is 42.5 Å². The summed E-state index contributed by atoms with van der Waals surface area (Å²) in [6, 6.07) is 15.8. The lowest BCUT2D eigenvalue weighted by atomic mass is 9.93. The van der Waals surface area contributed by atoms with Gasteiger partial charge in [0.05, 0.1) is 25.4 Å². The van der Waals surface area contributed by atoms with Gasteiger partial charge in [-0.3, -0.25) is 9.78 Å². The fourth-order valence-electron chi connectivity index (χ4n) is 4.38. The first-order valence-electron chi connectivity index (χ1n) is 11.7. The van der Waals surface area contributed by atoms with Crippen molar-refractivity contribution < 1.29 is 23.0 Å². The SMILES string of the molecule is COc1cccc([C@H](c2ccccn2)N(CCOc2ccc(F)cc2F)C(=O)C2CCNCC2)c1. The number of carbonyl (C=O) groups is 1. The van der Waals surface area contributed by atoms with Crippen LogP contribution in [0, 0.1) is 17.6 Å². The van der Waals surface area contributed by atoms with Gasteiger partial charge in [0, 0.05) is 18.2 Å². The Bertz CT molecular complexity index is 1120. The zero-order valence-corrected chi connectivity index (χ0v) is 19.6. The number of rotatable bonds is 9. The van der Waals surface area contributed by atoms with Crippen LogP contribution in [0.5, 0.6) is 11.5 Å². The monoisotopic (exact) mass is 481 g/mol. The summed E-state index contributed by atoms with van der Waals surface area (Å²) in [5, 5.41) is 3.30. The summed E-state index contributed by atoms with van der Waals surface area (Å²) in [5.74, 6) is -0.997. The molecule has 1 atom stereocenters. The van der Waals surface area contributed by atoms with E-state index in [0.717, 1.165) is 43.6 Å². The summed E-state index contributed by atoms with van der Waals surface area (Å²) in [6.45, 7) is 1.77. The fourth-order valence-corrected chi connectivity index (χ4v) is 4.38. The van der Waals surface area contributed by atoms with Crippen molar-refractivity contribution in [3.05, 3.63) is 89.8 Å². The highest BCUT2D eigenvalue weighted by molar-refractivity contribution is 5.80. The maximum absolute atomic E-state index is 14.1. The van der Waals surface area contributed by atoms with Crippen molar-refractivity contribution in [3.8, 4) is 11.5 Å². The number of hydrogen-bond acceptors (Lipinski definition) is 5. The quantitative estimate of drug-likeness (QED) is 0.492. The van der Waals surface area contributed by atoms with E-state index in [1.54, 1.807) is 18.2 Å². The highest BCUT2D eigenvalue weighted by Crippen LogP contribution is 2.32. The van der Waals surface area contributed by atoms with Gasteiger partial charge in [-0.25, -0.2) is 8.78 Å². The molecule has 8 heteroatoms. The summed E-state index contributed by atoms with van der Waals surface area (Å²) in [7, 11) is 1.60. The van der Waals surface area contributed by atoms with Gasteiger partial charge in [-0.05, 0) is 67.9 Å². The molecule has 1 saturated heterocycles. The molecule has 1 amide bonds. The minimum Gasteiger partial charge on any atom is -0.497 e. The molecule has 6 nitrogen and oxygen atoms in total. The van der Waals surface area contributed by atoms with Crippen LogP contribution in [0.4, 0.5) is 8.78 Å². The van der Waals surface area contributed by atoms with Gasteiger partial charge in [-0.15, -0.1) is 0 Å². The topological polar surface area (TPSA) is 63.7 Å². The van der Waals surface area contributed by atoms with Crippen LogP contribution in [-0.4, -0.2) is 49.1 Å². The van der Waals surface area contributed by atoms with Crippen LogP contribution in [0.25, 0.3) is 0 Å². The van der Waals surface area contributed by atoms with E-state index in [1.165, 1.54) is 6.07 Å². The number of carbonyl (C=O) groups excluding carboxylic acids is 1. The Balaban J connectivity index is 1.67. The van der Waals surface area contributed by atoms with E-state index in [2.05, 4.69) is 10.3 Å². The first kappa shape index (κ1) is 24.6. The van der Waals surface area contributed by atoms with E-state index in [9.17, 15) is 13.6 Å². The lowest BCUT2D eigenvalue weighted by Gasteiger charge is -2.35. The van der Waals surface area contributed by atoms with E-state index < -0.39 is 17.7 Å². The Morgan fingerprint density at radius 3 is 2.66 bits per heavy atom. The van der Waals surface area contributed by atoms with Crippen molar-refractivity contribution in [1.82, 2.24) is 15.2 Å². The number of benzene rings is 2. The molecular formula is C27H29F2N3O3. The maximum Gasteiger partial charge on any atom is 0.226 e. The third kappa shape index (κ3) is 6.14. The molecule has 4 rings (SSSR count). The molecule has 0 unspecified atom stereocenters. The second-order valence-electron chi connectivity index (χ2n) is 8.41. The summed E-state index contributed by atoms with van der Waals surface area (Å²) in [4.78, 5) is 20.2. The van der Waals surface area contributed by atoms with Gasteiger partial charge in [-0.2, -0.15) is 0 Å². The number of halogens is 2. The smallest absolute Gasteiger partial charge is 0.226 e. The van der Waals surface area contributed by atoms with Gasteiger partial charge < -0.3 is 19.7 Å². The molecule has 2 heterocycles. The van der Waals surface area contributed by atoms with Crippen molar-refractivity contribution in [2.75, 3.05) is 33.4 Å². The Morgan fingerprint density at radius 2 is 1.94 bits per heavy atom. The van der Waals surface area contributed by atoms with Crippen LogP contribution in [-0.2, 0) is 4.79 Å². The van der Waals surface area contributed by atoms with Crippen molar-refractivity contribution >= 4 is 5.91 Å². The van der Waals surface area contributed by atoms with Crippen LogP contribution >= 0.6 is 0 Å². The Hall–Kier alpha value is -3.52. The molecule has 1 N–H and O–H groups in total. The molecule has 0 spiro atoms. The molecule has 2 aromatic carbocycles. The van der Waals surface area contributed by atoms with Gasteiger partial charge in [0.15, 0.2) is 11.6 Å². The van der Waals surface area contributed by atoms with Crippen LogP contribution in [0.1, 0.15) is 30.1 Å². The average Bonchev–Trinajstić information content (AvgIpc) is 2.90.